The molecule has 3 heterocycles. The molecule has 204 valence electrons. The number of halogens is 2. The molecule has 0 spiro atoms. The molecule has 2 unspecified atom stereocenters. The summed E-state index contributed by atoms with van der Waals surface area (Å²) in [6.45, 7) is 0.187. The molecular formula is C23H23F2N9O4S. The van der Waals surface area contributed by atoms with Gasteiger partial charge in [-0.25, -0.2) is 23.1 Å². The molecule has 0 fully saturated rings. The molecule has 0 saturated carbocycles. The van der Waals surface area contributed by atoms with Gasteiger partial charge in [0.15, 0.2) is 5.82 Å². The number of hydrogen-bond donors (Lipinski definition) is 1. The maximum absolute atomic E-state index is 13.5. The van der Waals surface area contributed by atoms with E-state index in [0.717, 1.165) is 6.20 Å². The first-order chi connectivity index (χ1) is 18.6. The van der Waals surface area contributed by atoms with Crippen molar-refractivity contribution in [2.75, 3.05) is 18.9 Å². The average Bonchev–Trinajstić information content (AvgIpc) is 3.59. The Morgan fingerprint density at radius 1 is 1.05 bits per heavy atom. The quantitative estimate of drug-likeness (QED) is 0.305. The van der Waals surface area contributed by atoms with E-state index < -0.39 is 27.7 Å². The maximum Gasteiger partial charge on any atom is 0.333 e. The second-order valence-corrected chi connectivity index (χ2v) is 10.3. The number of alkyl halides is 2. The highest BCUT2D eigenvalue weighted by Crippen LogP contribution is 2.38. The fourth-order valence-corrected chi connectivity index (χ4v) is 4.91. The number of methoxy groups -OCH3 is 2. The molecule has 4 rings (SSSR count). The van der Waals surface area contributed by atoms with Crippen LogP contribution in [0.1, 0.15) is 37.7 Å². The molecular weight excluding hydrogens is 536 g/mol. The van der Waals surface area contributed by atoms with Gasteiger partial charge in [0.05, 0.1) is 25.0 Å². The van der Waals surface area contributed by atoms with Crippen molar-refractivity contribution in [2.45, 2.75) is 31.6 Å². The largest absolute Gasteiger partial charge is 0.494 e. The van der Waals surface area contributed by atoms with E-state index >= 15 is 0 Å². The third-order valence-electron chi connectivity index (χ3n) is 5.96. The van der Waals surface area contributed by atoms with Crippen molar-refractivity contribution in [3.05, 3.63) is 54.2 Å². The summed E-state index contributed by atoms with van der Waals surface area (Å²) < 4.78 is 68.5. The number of ether oxygens (including phenoxy) is 2. The number of hydrogen-bond acceptors (Lipinski definition) is 10. The lowest BCUT2D eigenvalue weighted by atomic mass is 10.1. The van der Waals surface area contributed by atoms with Gasteiger partial charge < -0.3 is 9.47 Å². The van der Waals surface area contributed by atoms with Gasteiger partial charge >= 0.3 is 6.55 Å². The average molecular weight is 560 g/mol. The van der Waals surface area contributed by atoms with Crippen LogP contribution in [0, 0.1) is 11.3 Å². The van der Waals surface area contributed by atoms with Crippen LogP contribution in [-0.4, -0.2) is 62.4 Å². The highest BCUT2D eigenvalue weighted by atomic mass is 32.2. The zero-order valence-electron chi connectivity index (χ0n) is 21.1. The highest BCUT2D eigenvalue weighted by Gasteiger charge is 2.33. The van der Waals surface area contributed by atoms with Gasteiger partial charge in [-0.05, 0) is 25.1 Å². The lowest BCUT2D eigenvalue weighted by Gasteiger charge is -2.21. The van der Waals surface area contributed by atoms with Gasteiger partial charge in [0.2, 0.25) is 16.0 Å². The van der Waals surface area contributed by atoms with Crippen molar-refractivity contribution in [3.8, 4) is 34.8 Å². The predicted molar refractivity (Wildman–Crippen MR) is 134 cm³/mol. The van der Waals surface area contributed by atoms with Crippen molar-refractivity contribution in [2.24, 2.45) is 0 Å². The van der Waals surface area contributed by atoms with E-state index in [1.807, 2.05) is 6.07 Å². The van der Waals surface area contributed by atoms with Crippen LogP contribution in [-0.2, 0) is 10.0 Å². The van der Waals surface area contributed by atoms with E-state index in [1.165, 1.54) is 44.2 Å². The molecule has 4 aromatic rings. The summed E-state index contributed by atoms with van der Waals surface area (Å²) in [6.07, 6.45) is 3.67. The van der Waals surface area contributed by atoms with Crippen molar-refractivity contribution < 1.29 is 26.7 Å². The molecule has 0 aliphatic rings. The first kappa shape index (κ1) is 27.4. The Balaban J connectivity index is 1.81. The van der Waals surface area contributed by atoms with Crippen molar-refractivity contribution >= 4 is 16.0 Å². The summed E-state index contributed by atoms with van der Waals surface area (Å²) in [5, 5.41) is 19.8. The summed E-state index contributed by atoms with van der Waals surface area (Å²) in [5.41, 5.74) is 0.441. The Morgan fingerprint density at radius 2 is 1.69 bits per heavy atom. The number of benzene rings is 1. The molecule has 39 heavy (non-hydrogen) atoms. The van der Waals surface area contributed by atoms with Crippen LogP contribution in [0.25, 0.3) is 17.2 Å². The lowest BCUT2D eigenvalue weighted by molar-refractivity contribution is 0.0568. The maximum atomic E-state index is 13.5. The normalized spacial score (nSPS) is 13.1. The number of nitrogens with zero attached hydrogens (tertiary/aromatic N) is 8. The van der Waals surface area contributed by atoms with Crippen LogP contribution in [0.3, 0.4) is 0 Å². The molecule has 1 aromatic carbocycles. The molecule has 3 aromatic heterocycles. The SMILES string of the molecule is COc1cccc(OC)c1-n1c(NS(=O)(=O)C(C)C(C)c2ncc(C#N)cn2)nnc1-c1ccn(C(F)F)n1. The molecule has 0 radical (unpaired) electrons. The zero-order chi connectivity index (χ0) is 28.3. The minimum absolute atomic E-state index is 0.00592. The minimum atomic E-state index is -4.17. The predicted octanol–water partition coefficient (Wildman–Crippen LogP) is 3.14. The fourth-order valence-electron chi connectivity index (χ4n) is 3.68. The Hall–Kier alpha value is -4.65. The topological polar surface area (TPSA) is 163 Å². The molecule has 0 aliphatic heterocycles. The zero-order valence-corrected chi connectivity index (χ0v) is 22.0. The van der Waals surface area contributed by atoms with E-state index in [9.17, 15) is 17.2 Å². The van der Waals surface area contributed by atoms with Gasteiger partial charge in [-0.15, -0.1) is 10.2 Å². The van der Waals surface area contributed by atoms with Crippen LogP contribution >= 0.6 is 0 Å². The van der Waals surface area contributed by atoms with Crippen LogP contribution < -0.4 is 14.2 Å². The standard InChI is InChI=1S/C23H23F2N9O4S/c1-13(20-27-11-15(10-26)12-28-20)14(2)39(35,36)32-23-30-29-21(16-8-9-33(31-16)22(24)25)34(23)19-17(37-3)6-5-7-18(19)38-4/h5-9,11-14,22H,1-4H3,(H,30,32). The fraction of sp³-hybridized carbons (Fsp3) is 0.304. The Labute approximate surface area is 222 Å². The summed E-state index contributed by atoms with van der Waals surface area (Å²) in [4.78, 5) is 8.20. The second-order valence-electron chi connectivity index (χ2n) is 8.24. The summed E-state index contributed by atoms with van der Waals surface area (Å²) in [6, 6.07) is 8.06. The molecule has 1 N–H and O–H groups in total. The molecule has 2 atom stereocenters. The van der Waals surface area contributed by atoms with Gasteiger partial charge in [0, 0.05) is 24.5 Å². The molecule has 16 heteroatoms. The van der Waals surface area contributed by atoms with Crippen LogP contribution in [0.5, 0.6) is 11.5 Å². The summed E-state index contributed by atoms with van der Waals surface area (Å²) in [5.74, 6) is -0.259. The van der Waals surface area contributed by atoms with Gasteiger partial charge in [-0.2, -0.15) is 19.1 Å². The van der Waals surface area contributed by atoms with E-state index in [-0.39, 0.29) is 46.0 Å². The third-order valence-corrected chi connectivity index (χ3v) is 7.82. The van der Waals surface area contributed by atoms with Gasteiger partial charge in [-0.1, -0.05) is 13.0 Å². The first-order valence-electron chi connectivity index (χ1n) is 11.3. The molecule has 0 saturated heterocycles. The number of anilines is 1. The van der Waals surface area contributed by atoms with E-state index in [4.69, 9.17) is 14.7 Å². The number of para-hydroxylation sites is 1. The third kappa shape index (κ3) is 5.34. The second kappa shape index (κ2) is 11.0. The van der Waals surface area contributed by atoms with Gasteiger partial charge in [-0.3, -0.25) is 9.29 Å². The number of nitriles is 1. The van der Waals surface area contributed by atoms with Crippen molar-refractivity contribution in [1.29, 1.82) is 5.26 Å². The number of nitrogens with one attached hydrogen (secondary N) is 1. The molecule has 0 aliphatic carbocycles. The van der Waals surface area contributed by atoms with Crippen LogP contribution in [0.2, 0.25) is 0 Å². The van der Waals surface area contributed by atoms with Crippen LogP contribution in [0.15, 0.2) is 42.9 Å². The highest BCUT2D eigenvalue weighted by molar-refractivity contribution is 7.93. The lowest BCUT2D eigenvalue weighted by Crippen LogP contribution is -2.31. The Kier molecular flexibility index (Phi) is 7.72. The Bertz CT molecular complexity index is 1590. The van der Waals surface area contributed by atoms with Crippen molar-refractivity contribution in [3.63, 3.8) is 0 Å². The Morgan fingerprint density at radius 3 is 2.23 bits per heavy atom. The molecule has 13 nitrogen and oxygen atoms in total. The van der Waals surface area contributed by atoms with E-state index in [0.29, 0.717) is 4.68 Å². The first-order valence-corrected chi connectivity index (χ1v) is 12.9. The summed E-state index contributed by atoms with van der Waals surface area (Å²) >= 11 is 0. The number of sulfonamides is 1. The van der Waals surface area contributed by atoms with Gasteiger partial charge in [0.1, 0.15) is 34.8 Å². The van der Waals surface area contributed by atoms with Gasteiger partial charge in [0.25, 0.3) is 0 Å². The smallest absolute Gasteiger partial charge is 0.333 e. The monoisotopic (exact) mass is 559 g/mol. The number of aromatic nitrogens is 7. The van der Waals surface area contributed by atoms with E-state index in [1.54, 1.807) is 25.1 Å². The molecule has 0 amide bonds. The van der Waals surface area contributed by atoms with Crippen LogP contribution in [0.4, 0.5) is 14.7 Å². The number of rotatable bonds is 10. The van der Waals surface area contributed by atoms with E-state index in [2.05, 4.69) is 30.0 Å². The summed E-state index contributed by atoms with van der Waals surface area (Å²) in [7, 11) is -1.37. The molecule has 0 bridgehead atoms. The van der Waals surface area contributed by atoms with Crippen molar-refractivity contribution in [1.82, 2.24) is 34.5 Å². The minimum Gasteiger partial charge on any atom is -0.494 e.